The summed E-state index contributed by atoms with van der Waals surface area (Å²) in [6.45, 7) is 1.90. The minimum absolute atomic E-state index is 0.00532. The molecule has 2 aliphatic heterocycles. The molecule has 0 spiro atoms. The molecule has 0 unspecified atom stereocenters. The van der Waals surface area contributed by atoms with Gasteiger partial charge in [-0.15, -0.1) is 0 Å². The SMILES string of the molecule is C[C@@H]1C=C[C@@H]2CC(=O)[C@H](O1)O2. The van der Waals surface area contributed by atoms with Crippen molar-refractivity contribution in [3.05, 3.63) is 12.2 Å². The molecule has 0 aliphatic carbocycles. The second kappa shape index (κ2) is 2.43. The molecular formula is C8H10O3. The zero-order valence-corrected chi connectivity index (χ0v) is 6.32. The van der Waals surface area contributed by atoms with Gasteiger partial charge in [-0.2, -0.15) is 0 Å². The Kier molecular flexibility index (Phi) is 1.55. The first-order chi connectivity index (χ1) is 5.25. The average Bonchev–Trinajstić information content (AvgIpc) is 2.15. The molecule has 2 aliphatic rings. The monoisotopic (exact) mass is 154 g/mol. The minimum atomic E-state index is -0.606. The molecule has 2 heterocycles. The second-order valence-electron chi connectivity index (χ2n) is 2.90. The number of hydrogen-bond donors (Lipinski definition) is 0. The number of ether oxygens (including phenoxy) is 2. The number of carbonyl (C=O) groups is 1. The third-order valence-corrected chi connectivity index (χ3v) is 1.90. The van der Waals surface area contributed by atoms with Crippen molar-refractivity contribution in [1.82, 2.24) is 0 Å². The van der Waals surface area contributed by atoms with Crippen LogP contribution in [0.2, 0.25) is 0 Å². The van der Waals surface area contributed by atoms with Crippen LogP contribution in [-0.2, 0) is 14.3 Å². The van der Waals surface area contributed by atoms with Crippen LogP contribution >= 0.6 is 0 Å². The topological polar surface area (TPSA) is 35.5 Å². The predicted molar refractivity (Wildman–Crippen MR) is 38.0 cm³/mol. The molecule has 3 nitrogen and oxygen atoms in total. The van der Waals surface area contributed by atoms with Gasteiger partial charge >= 0.3 is 0 Å². The molecule has 0 aromatic heterocycles. The fraction of sp³-hybridized carbons (Fsp3) is 0.625. The average molecular weight is 154 g/mol. The molecule has 1 fully saturated rings. The molecule has 0 aromatic carbocycles. The van der Waals surface area contributed by atoms with Gasteiger partial charge in [-0.1, -0.05) is 12.2 Å². The Morgan fingerprint density at radius 1 is 1.45 bits per heavy atom. The molecule has 60 valence electrons. The van der Waals surface area contributed by atoms with Crippen LogP contribution in [-0.4, -0.2) is 24.3 Å². The quantitative estimate of drug-likeness (QED) is 0.480. The summed E-state index contributed by atoms with van der Waals surface area (Å²) in [5.74, 6) is 0.0613. The van der Waals surface area contributed by atoms with Gasteiger partial charge < -0.3 is 9.47 Å². The van der Waals surface area contributed by atoms with Crippen LogP contribution in [0.3, 0.4) is 0 Å². The maximum atomic E-state index is 11.1. The van der Waals surface area contributed by atoms with Gasteiger partial charge in [0.15, 0.2) is 5.78 Å². The second-order valence-corrected chi connectivity index (χ2v) is 2.90. The van der Waals surface area contributed by atoms with Gasteiger partial charge in [0.2, 0.25) is 6.29 Å². The summed E-state index contributed by atoms with van der Waals surface area (Å²) in [6.07, 6.45) is 3.64. The smallest absolute Gasteiger partial charge is 0.219 e. The van der Waals surface area contributed by atoms with Crippen LogP contribution in [0.1, 0.15) is 13.3 Å². The summed E-state index contributed by atoms with van der Waals surface area (Å²) < 4.78 is 10.5. The molecule has 0 amide bonds. The Morgan fingerprint density at radius 2 is 2.27 bits per heavy atom. The first kappa shape index (κ1) is 7.00. The Hall–Kier alpha value is -0.670. The highest BCUT2D eigenvalue weighted by Crippen LogP contribution is 2.22. The van der Waals surface area contributed by atoms with Crippen molar-refractivity contribution in [2.75, 3.05) is 0 Å². The van der Waals surface area contributed by atoms with E-state index in [0.717, 1.165) is 0 Å². The predicted octanol–water partition coefficient (Wildman–Crippen LogP) is 0.645. The summed E-state index contributed by atoms with van der Waals surface area (Å²) in [5, 5.41) is 0. The lowest BCUT2D eigenvalue weighted by molar-refractivity contribution is -0.159. The zero-order valence-electron chi connectivity index (χ0n) is 6.32. The molecule has 0 N–H and O–H groups in total. The van der Waals surface area contributed by atoms with Crippen molar-refractivity contribution in [3.8, 4) is 0 Å². The van der Waals surface area contributed by atoms with Crippen LogP contribution in [0.4, 0.5) is 0 Å². The largest absolute Gasteiger partial charge is 0.339 e. The molecule has 1 saturated heterocycles. The molecule has 3 atom stereocenters. The van der Waals surface area contributed by atoms with Gasteiger partial charge in [-0.25, -0.2) is 0 Å². The van der Waals surface area contributed by atoms with Crippen molar-refractivity contribution in [1.29, 1.82) is 0 Å². The normalized spacial score (nSPS) is 42.6. The van der Waals surface area contributed by atoms with E-state index in [0.29, 0.717) is 6.42 Å². The number of fused-ring (bicyclic) bond motifs is 2. The summed E-state index contributed by atoms with van der Waals surface area (Å²) in [7, 11) is 0. The van der Waals surface area contributed by atoms with E-state index in [4.69, 9.17) is 9.47 Å². The van der Waals surface area contributed by atoms with Gasteiger partial charge in [-0.05, 0) is 6.92 Å². The fourth-order valence-corrected chi connectivity index (χ4v) is 1.32. The van der Waals surface area contributed by atoms with E-state index in [1.807, 2.05) is 19.1 Å². The van der Waals surface area contributed by atoms with E-state index in [1.165, 1.54) is 0 Å². The van der Waals surface area contributed by atoms with E-state index in [1.54, 1.807) is 0 Å². The van der Waals surface area contributed by atoms with Crippen LogP contribution in [0.25, 0.3) is 0 Å². The Labute approximate surface area is 65.0 Å². The van der Waals surface area contributed by atoms with E-state index in [-0.39, 0.29) is 18.0 Å². The first-order valence-electron chi connectivity index (χ1n) is 3.77. The lowest BCUT2D eigenvalue weighted by Gasteiger charge is -2.11. The van der Waals surface area contributed by atoms with E-state index >= 15 is 0 Å². The summed E-state index contributed by atoms with van der Waals surface area (Å²) in [5.41, 5.74) is 0. The van der Waals surface area contributed by atoms with Gasteiger partial charge in [-0.3, -0.25) is 4.79 Å². The summed E-state index contributed by atoms with van der Waals surface area (Å²) >= 11 is 0. The highest BCUT2D eigenvalue weighted by Gasteiger charge is 2.35. The summed E-state index contributed by atoms with van der Waals surface area (Å²) in [6, 6.07) is 0. The Morgan fingerprint density at radius 3 is 3.09 bits per heavy atom. The van der Waals surface area contributed by atoms with Crippen LogP contribution < -0.4 is 0 Å². The lowest BCUT2D eigenvalue weighted by Crippen LogP contribution is -2.23. The fourth-order valence-electron chi connectivity index (χ4n) is 1.32. The number of Topliss-reactive ketones (excluding diaryl/α,β-unsaturated/α-hetero) is 1. The highest BCUT2D eigenvalue weighted by molar-refractivity contribution is 5.84. The van der Waals surface area contributed by atoms with Crippen molar-refractivity contribution in [2.24, 2.45) is 0 Å². The van der Waals surface area contributed by atoms with Crippen molar-refractivity contribution >= 4 is 5.78 Å². The third kappa shape index (κ3) is 1.21. The molecule has 11 heavy (non-hydrogen) atoms. The van der Waals surface area contributed by atoms with Crippen LogP contribution in [0, 0.1) is 0 Å². The molecule has 2 bridgehead atoms. The minimum Gasteiger partial charge on any atom is -0.339 e. The molecule has 3 heteroatoms. The highest BCUT2D eigenvalue weighted by atomic mass is 16.7. The first-order valence-corrected chi connectivity index (χ1v) is 3.77. The Balaban J connectivity index is 2.20. The molecule has 0 radical (unpaired) electrons. The number of hydrogen-bond acceptors (Lipinski definition) is 3. The Bertz CT molecular complexity index is 209. The standard InChI is InChI=1S/C8H10O3/c1-5-2-3-6-4-7(9)8(10-5)11-6/h2-3,5-6,8H,4H2,1H3/t5-,6-,8-/m1/s1. The van der Waals surface area contributed by atoms with E-state index < -0.39 is 6.29 Å². The third-order valence-electron chi connectivity index (χ3n) is 1.90. The van der Waals surface area contributed by atoms with Gasteiger partial charge in [0, 0.05) is 6.42 Å². The lowest BCUT2D eigenvalue weighted by atomic mass is 10.2. The van der Waals surface area contributed by atoms with Crippen molar-refractivity contribution in [2.45, 2.75) is 31.8 Å². The maximum absolute atomic E-state index is 11.1. The van der Waals surface area contributed by atoms with E-state index in [2.05, 4.69) is 0 Å². The summed E-state index contributed by atoms with van der Waals surface area (Å²) in [4.78, 5) is 11.1. The number of ketones is 1. The zero-order chi connectivity index (χ0) is 7.84. The van der Waals surface area contributed by atoms with Crippen molar-refractivity contribution < 1.29 is 14.3 Å². The maximum Gasteiger partial charge on any atom is 0.219 e. The molecule has 2 rings (SSSR count). The van der Waals surface area contributed by atoms with Gasteiger partial charge in [0.1, 0.15) is 0 Å². The van der Waals surface area contributed by atoms with E-state index in [9.17, 15) is 4.79 Å². The molecular weight excluding hydrogens is 144 g/mol. The van der Waals surface area contributed by atoms with Crippen molar-refractivity contribution in [3.63, 3.8) is 0 Å². The van der Waals surface area contributed by atoms with Gasteiger partial charge in [0.05, 0.1) is 12.2 Å². The van der Waals surface area contributed by atoms with Gasteiger partial charge in [0.25, 0.3) is 0 Å². The molecule has 0 aromatic rings. The number of carbonyl (C=O) groups excluding carboxylic acids is 1. The number of rotatable bonds is 0. The van der Waals surface area contributed by atoms with Crippen LogP contribution in [0.5, 0.6) is 0 Å². The van der Waals surface area contributed by atoms with Crippen LogP contribution in [0.15, 0.2) is 12.2 Å². The molecule has 0 saturated carbocycles.